The number of benzene rings is 2. The van der Waals surface area contributed by atoms with Crippen LogP contribution in [0.25, 0.3) is 0 Å². The molecule has 3 rings (SSSR count). The first-order valence-corrected chi connectivity index (χ1v) is 8.34. The van der Waals surface area contributed by atoms with E-state index in [9.17, 15) is 4.79 Å². The van der Waals surface area contributed by atoms with Gasteiger partial charge in [-0.3, -0.25) is 4.79 Å². The van der Waals surface area contributed by atoms with Crippen LogP contribution in [-0.4, -0.2) is 13.1 Å². The molecule has 0 radical (unpaired) electrons. The number of ether oxygens (including phenoxy) is 2. The molecule has 126 valence electrons. The summed E-state index contributed by atoms with van der Waals surface area (Å²) in [6, 6.07) is 15.7. The molecule has 0 unspecified atom stereocenters. The van der Waals surface area contributed by atoms with Gasteiger partial charge in [-0.1, -0.05) is 45.0 Å². The fourth-order valence-electron chi connectivity index (χ4n) is 2.89. The minimum atomic E-state index is -0.148. The molecular formula is C21H24O3. The Labute approximate surface area is 143 Å². The average molecular weight is 324 g/mol. The monoisotopic (exact) mass is 324 g/mol. The van der Waals surface area contributed by atoms with E-state index in [1.54, 1.807) is 31.4 Å². The van der Waals surface area contributed by atoms with E-state index in [1.165, 1.54) is 11.1 Å². The molecule has 0 saturated heterocycles. The maximum Gasteiger partial charge on any atom is 0.314 e. The van der Waals surface area contributed by atoms with Gasteiger partial charge in [-0.05, 0) is 53.1 Å². The second kappa shape index (κ2) is 6.31. The highest BCUT2D eigenvalue weighted by Gasteiger charge is 2.45. The van der Waals surface area contributed by atoms with Crippen molar-refractivity contribution < 1.29 is 14.3 Å². The largest absolute Gasteiger partial charge is 0.497 e. The van der Waals surface area contributed by atoms with E-state index < -0.39 is 0 Å². The number of carbonyl (C=O) groups excluding carboxylic acids is 1. The van der Waals surface area contributed by atoms with Gasteiger partial charge in [0.2, 0.25) is 0 Å². The Kier molecular flexibility index (Phi) is 4.35. The second-order valence-corrected chi connectivity index (χ2v) is 7.42. The third-order valence-corrected chi connectivity index (χ3v) is 4.58. The molecule has 0 aromatic heterocycles. The molecule has 3 heteroatoms. The van der Waals surface area contributed by atoms with Gasteiger partial charge in [0, 0.05) is 0 Å². The highest BCUT2D eigenvalue weighted by atomic mass is 16.5. The van der Waals surface area contributed by atoms with E-state index in [1.807, 2.05) is 0 Å². The number of methoxy groups -OCH3 is 1. The molecule has 0 heterocycles. The molecule has 2 aromatic carbocycles. The van der Waals surface area contributed by atoms with Crippen molar-refractivity contribution in [3.8, 4) is 11.5 Å². The molecule has 0 amide bonds. The first-order valence-electron chi connectivity index (χ1n) is 8.34. The van der Waals surface area contributed by atoms with E-state index in [0.717, 1.165) is 12.2 Å². The lowest BCUT2D eigenvalue weighted by Gasteiger charge is -2.19. The van der Waals surface area contributed by atoms with Crippen molar-refractivity contribution in [2.24, 2.45) is 5.92 Å². The standard InChI is InChI=1S/C21H24O3/c1-21(2,3)15-7-5-14(6-8-15)18-13-19(18)20(22)24-17-11-9-16(23-4)10-12-17/h5-12,18-19H,13H2,1-4H3/t18-,19+/m1/s1. The summed E-state index contributed by atoms with van der Waals surface area (Å²) in [7, 11) is 1.61. The fourth-order valence-corrected chi connectivity index (χ4v) is 2.89. The zero-order valence-corrected chi connectivity index (χ0v) is 14.7. The van der Waals surface area contributed by atoms with Gasteiger partial charge < -0.3 is 9.47 Å². The zero-order chi connectivity index (χ0) is 17.3. The Balaban J connectivity index is 1.60. The summed E-state index contributed by atoms with van der Waals surface area (Å²) in [6.45, 7) is 6.61. The Bertz CT molecular complexity index is 708. The van der Waals surface area contributed by atoms with Gasteiger partial charge in [-0.2, -0.15) is 0 Å². The van der Waals surface area contributed by atoms with Gasteiger partial charge in [0.25, 0.3) is 0 Å². The van der Waals surface area contributed by atoms with E-state index in [0.29, 0.717) is 5.75 Å². The van der Waals surface area contributed by atoms with Crippen LogP contribution in [-0.2, 0) is 10.2 Å². The SMILES string of the molecule is COc1ccc(OC(=O)[C@H]2C[C@@H]2c2ccc(C(C)(C)C)cc2)cc1. The van der Waals surface area contributed by atoms with E-state index >= 15 is 0 Å². The fraction of sp³-hybridized carbons (Fsp3) is 0.381. The second-order valence-electron chi connectivity index (χ2n) is 7.42. The van der Waals surface area contributed by atoms with Gasteiger partial charge in [0.15, 0.2) is 0 Å². The highest BCUT2D eigenvalue weighted by molar-refractivity contribution is 5.79. The molecule has 24 heavy (non-hydrogen) atoms. The summed E-state index contributed by atoms with van der Waals surface area (Å²) in [5.41, 5.74) is 2.68. The quantitative estimate of drug-likeness (QED) is 0.604. The highest BCUT2D eigenvalue weighted by Crippen LogP contribution is 2.48. The van der Waals surface area contributed by atoms with Gasteiger partial charge in [-0.25, -0.2) is 0 Å². The molecule has 2 aromatic rings. The summed E-state index contributed by atoms with van der Waals surface area (Å²) in [5, 5.41) is 0. The zero-order valence-electron chi connectivity index (χ0n) is 14.7. The maximum atomic E-state index is 12.3. The predicted molar refractivity (Wildman–Crippen MR) is 94.6 cm³/mol. The van der Waals surface area contributed by atoms with Gasteiger partial charge in [0.1, 0.15) is 11.5 Å². The summed E-state index contributed by atoms with van der Waals surface area (Å²) >= 11 is 0. The van der Waals surface area contributed by atoms with Crippen LogP contribution < -0.4 is 9.47 Å². The van der Waals surface area contributed by atoms with Crippen LogP contribution in [0, 0.1) is 5.92 Å². The minimum absolute atomic E-state index is 0.0346. The van der Waals surface area contributed by atoms with Crippen LogP contribution in [0.1, 0.15) is 44.2 Å². The first-order chi connectivity index (χ1) is 11.4. The van der Waals surface area contributed by atoms with Crippen LogP contribution in [0.3, 0.4) is 0 Å². The minimum Gasteiger partial charge on any atom is -0.497 e. The normalized spacial score (nSPS) is 19.7. The van der Waals surface area contributed by atoms with Gasteiger partial charge in [0.05, 0.1) is 13.0 Å². The molecule has 0 bridgehead atoms. The van der Waals surface area contributed by atoms with E-state index in [2.05, 4.69) is 45.0 Å². The Morgan fingerprint density at radius 1 is 0.958 bits per heavy atom. The van der Waals surface area contributed by atoms with E-state index in [4.69, 9.17) is 9.47 Å². The summed E-state index contributed by atoms with van der Waals surface area (Å²) in [5.74, 6) is 1.41. The summed E-state index contributed by atoms with van der Waals surface area (Å²) in [6.07, 6.45) is 0.865. The Morgan fingerprint density at radius 2 is 1.54 bits per heavy atom. The van der Waals surface area contributed by atoms with Crippen LogP contribution in [0.5, 0.6) is 11.5 Å². The van der Waals surface area contributed by atoms with Crippen molar-refractivity contribution in [3.63, 3.8) is 0 Å². The van der Waals surface area contributed by atoms with Crippen molar-refractivity contribution in [1.29, 1.82) is 0 Å². The lowest BCUT2D eigenvalue weighted by Crippen LogP contribution is -2.12. The molecule has 2 atom stereocenters. The number of hydrogen-bond donors (Lipinski definition) is 0. The average Bonchev–Trinajstić information content (AvgIpc) is 3.36. The Morgan fingerprint density at radius 3 is 2.08 bits per heavy atom. The topological polar surface area (TPSA) is 35.5 Å². The molecule has 0 N–H and O–H groups in total. The molecule has 1 fully saturated rings. The first kappa shape index (κ1) is 16.6. The number of carbonyl (C=O) groups is 1. The maximum absolute atomic E-state index is 12.3. The van der Waals surface area contributed by atoms with E-state index in [-0.39, 0.29) is 23.2 Å². The number of hydrogen-bond acceptors (Lipinski definition) is 3. The Hall–Kier alpha value is -2.29. The van der Waals surface area contributed by atoms with Crippen molar-refractivity contribution in [1.82, 2.24) is 0 Å². The molecule has 1 saturated carbocycles. The third-order valence-electron chi connectivity index (χ3n) is 4.58. The van der Waals surface area contributed by atoms with Crippen LogP contribution in [0.15, 0.2) is 48.5 Å². The number of esters is 1. The van der Waals surface area contributed by atoms with Crippen molar-refractivity contribution >= 4 is 5.97 Å². The molecule has 1 aliphatic rings. The molecule has 1 aliphatic carbocycles. The van der Waals surface area contributed by atoms with Crippen molar-refractivity contribution in [2.45, 2.75) is 38.5 Å². The van der Waals surface area contributed by atoms with Crippen molar-refractivity contribution in [3.05, 3.63) is 59.7 Å². The van der Waals surface area contributed by atoms with Crippen LogP contribution in [0.2, 0.25) is 0 Å². The number of rotatable bonds is 4. The lowest BCUT2D eigenvalue weighted by molar-refractivity contribution is -0.135. The van der Waals surface area contributed by atoms with Crippen molar-refractivity contribution in [2.75, 3.05) is 7.11 Å². The summed E-state index contributed by atoms with van der Waals surface area (Å²) in [4.78, 5) is 12.3. The summed E-state index contributed by atoms with van der Waals surface area (Å²) < 4.78 is 10.6. The predicted octanol–water partition coefficient (Wildman–Crippen LogP) is 4.70. The molecule has 3 nitrogen and oxygen atoms in total. The van der Waals surface area contributed by atoms with Gasteiger partial charge >= 0.3 is 5.97 Å². The van der Waals surface area contributed by atoms with Crippen LogP contribution in [0.4, 0.5) is 0 Å². The molecule has 0 spiro atoms. The smallest absolute Gasteiger partial charge is 0.314 e. The van der Waals surface area contributed by atoms with Gasteiger partial charge in [-0.15, -0.1) is 0 Å². The van der Waals surface area contributed by atoms with Crippen LogP contribution >= 0.6 is 0 Å². The third kappa shape index (κ3) is 3.61. The molecular weight excluding hydrogens is 300 g/mol. The molecule has 0 aliphatic heterocycles. The lowest BCUT2D eigenvalue weighted by atomic mass is 9.86.